The second-order valence-electron chi connectivity index (χ2n) is 11.3. The number of aromatic nitrogens is 6. The molecule has 4 atom stereocenters. The number of rotatable bonds is 7. The first-order valence-corrected chi connectivity index (χ1v) is 13.7. The number of primary amides is 1. The van der Waals surface area contributed by atoms with E-state index in [1.807, 2.05) is 13.0 Å². The van der Waals surface area contributed by atoms with Crippen molar-refractivity contribution in [2.24, 2.45) is 24.5 Å². The molecule has 0 aliphatic heterocycles. The highest BCUT2D eigenvalue weighted by molar-refractivity contribution is 5.90. The summed E-state index contributed by atoms with van der Waals surface area (Å²) >= 11 is 0. The van der Waals surface area contributed by atoms with Crippen LogP contribution in [0.25, 0.3) is 22.1 Å². The lowest BCUT2D eigenvalue weighted by atomic mass is 10.1. The van der Waals surface area contributed by atoms with Crippen LogP contribution in [0.15, 0.2) is 29.2 Å². The average molecular weight is 564 g/mol. The summed E-state index contributed by atoms with van der Waals surface area (Å²) in [7, 11) is 1.20. The lowest BCUT2D eigenvalue weighted by Gasteiger charge is -2.16. The van der Waals surface area contributed by atoms with Gasteiger partial charge in [-0.2, -0.15) is 5.10 Å². The number of anilines is 2. The molecule has 4 unspecified atom stereocenters. The minimum Gasteiger partial charge on any atom is -0.453 e. The first-order valence-electron chi connectivity index (χ1n) is 15.7. The van der Waals surface area contributed by atoms with Gasteiger partial charge in [0.25, 0.3) is 0 Å². The monoisotopic (exact) mass is 563 g/mol. The Hall–Kier alpha value is -4.42. The van der Waals surface area contributed by atoms with E-state index in [-0.39, 0.29) is 24.3 Å². The highest BCUT2D eigenvalue weighted by atomic mass is 16.5. The number of carbonyl (C=O) groups excluding carboxylic acids is 2. The molecular formula is C28H33N9O4. The fourth-order valence-electron chi connectivity index (χ4n) is 6.48. The largest absolute Gasteiger partial charge is 0.453 e. The Labute approximate surface area is 240 Å². The number of hydrogen-bond acceptors (Lipinski definition) is 8. The van der Waals surface area contributed by atoms with Gasteiger partial charge in [0.15, 0.2) is 5.65 Å². The van der Waals surface area contributed by atoms with Crippen LogP contribution in [0.1, 0.15) is 55.7 Å². The number of hydrogen-bond donors (Lipinski definition) is 3. The molecule has 0 bridgehead atoms. The van der Waals surface area contributed by atoms with Crippen molar-refractivity contribution < 1.29 is 19.8 Å². The van der Waals surface area contributed by atoms with Crippen molar-refractivity contribution in [1.29, 1.82) is 0 Å². The molecule has 0 aromatic carbocycles. The normalized spacial score (nSPS) is 29.0. The van der Waals surface area contributed by atoms with Crippen LogP contribution in [0.3, 0.4) is 0 Å². The van der Waals surface area contributed by atoms with Crippen LogP contribution in [0.4, 0.5) is 16.4 Å². The number of methoxy groups -OCH3 is 1. The predicted molar refractivity (Wildman–Crippen MR) is 151 cm³/mol. The second kappa shape index (κ2) is 9.05. The summed E-state index contributed by atoms with van der Waals surface area (Å²) in [6, 6.07) is 3.22. The lowest BCUT2D eigenvalue weighted by molar-refractivity contribution is -0.123. The van der Waals surface area contributed by atoms with Gasteiger partial charge in [0.1, 0.15) is 17.2 Å². The maximum Gasteiger partial charge on any atom is 0.407 e. The fraction of sp³-hybridized carbons (Fsp3) is 0.500. The summed E-state index contributed by atoms with van der Waals surface area (Å²) in [6.07, 6.45) is 4.00. The van der Waals surface area contributed by atoms with Crippen molar-refractivity contribution in [3.8, 4) is 0 Å². The van der Waals surface area contributed by atoms with Crippen molar-refractivity contribution in [1.82, 2.24) is 34.2 Å². The summed E-state index contributed by atoms with van der Waals surface area (Å²) in [5.41, 5.74) is 5.92. The van der Waals surface area contributed by atoms with Crippen molar-refractivity contribution in [2.45, 2.75) is 63.0 Å². The van der Waals surface area contributed by atoms with Gasteiger partial charge in [-0.3, -0.25) is 13.9 Å². The quantitative estimate of drug-likeness (QED) is 0.309. The van der Waals surface area contributed by atoms with E-state index in [1.54, 1.807) is 16.8 Å². The summed E-state index contributed by atoms with van der Waals surface area (Å²) in [5, 5.41) is 11.1. The number of carbonyl (C=O) groups is 2. The number of ether oxygens (including phenoxy) is 1. The minimum atomic E-state index is -2.78. The molecule has 41 heavy (non-hydrogen) atoms. The second-order valence-corrected chi connectivity index (χ2v) is 11.3. The van der Waals surface area contributed by atoms with Gasteiger partial charge in [0.05, 0.1) is 31.4 Å². The SMILES string of the molecule is [2H]C1(NC(=O)OC)CCC(n2c(=O)n(C([2H])([2H])[2H])c3cnc(Nc4ccc5c(C)nn(C6(C(N)=O)CC6C6CC6)c5n4)cc32)C1. The molecule has 0 saturated heterocycles. The summed E-state index contributed by atoms with van der Waals surface area (Å²) in [4.78, 5) is 47.3. The van der Waals surface area contributed by atoms with E-state index in [2.05, 4.69) is 25.5 Å². The van der Waals surface area contributed by atoms with Gasteiger partial charge < -0.3 is 21.1 Å². The van der Waals surface area contributed by atoms with E-state index in [4.69, 9.17) is 16.2 Å². The average Bonchev–Trinajstić information content (AvgIpc) is 3.85. The molecular weight excluding hydrogens is 526 g/mol. The third kappa shape index (κ3) is 3.97. The van der Waals surface area contributed by atoms with Crippen LogP contribution in [0, 0.1) is 18.8 Å². The molecule has 0 spiro atoms. The maximum absolute atomic E-state index is 13.6. The highest BCUT2D eigenvalue weighted by Crippen LogP contribution is 2.61. The van der Waals surface area contributed by atoms with Crippen molar-refractivity contribution >= 4 is 45.7 Å². The molecule has 4 aromatic heterocycles. The van der Waals surface area contributed by atoms with Gasteiger partial charge in [0, 0.05) is 34.6 Å². The third-order valence-corrected chi connectivity index (χ3v) is 8.80. The van der Waals surface area contributed by atoms with E-state index in [0.29, 0.717) is 41.6 Å². The number of imidazole rings is 1. The molecule has 7 rings (SSSR count). The third-order valence-electron chi connectivity index (χ3n) is 8.80. The molecule has 13 heteroatoms. The first-order chi connectivity index (χ1) is 21.3. The van der Waals surface area contributed by atoms with Crippen LogP contribution >= 0.6 is 0 Å². The van der Waals surface area contributed by atoms with Gasteiger partial charge in [-0.15, -0.1) is 0 Å². The number of alkyl carbamates (subject to hydrolysis) is 1. The molecule has 214 valence electrons. The summed E-state index contributed by atoms with van der Waals surface area (Å²) < 4.78 is 41.1. The van der Waals surface area contributed by atoms with Crippen LogP contribution in [-0.4, -0.2) is 54.0 Å². The van der Waals surface area contributed by atoms with E-state index >= 15 is 0 Å². The van der Waals surface area contributed by atoms with Crippen molar-refractivity contribution in [2.75, 3.05) is 12.4 Å². The zero-order chi connectivity index (χ0) is 32.1. The van der Waals surface area contributed by atoms with Crippen LogP contribution in [0.2, 0.25) is 0 Å². The van der Waals surface area contributed by atoms with Crippen LogP contribution in [0.5, 0.6) is 0 Å². The maximum atomic E-state index is 13.6. The number of nitrogens with one attached hydrogen (secondary N) is 2. The topological polar surface area (TPSA) is 164 Å². The molecule has 4 N–H and O–H groups in total. The minimum absolute atomic E-state index is 0.0677. The van der Waals surface area contributed by atoms with E-state index in [1.165, 1.54) is 17.9 Å². The number of aryl methyl sites for hydroxylation is 2. The Balaban J connectivity index is 1.27. The highest BCUT2D eigenvalue weighted by Gasteiger charge is 2.66. The van der Waals surface area contributed by atoms with Gasteiger partial charge in [0.2, 0.25) is 5.91 Å². The van der Waals surface area contributed by atoms with Crippen LogP contribution in [-0.2, 0) is 22.0 Å². The van der Waals surface area contributed by atoms with E-state index in [9.17, 15) is 14.4 Å². The van der Waals surface area contributed by atoms with Gasteiger partial charge in [-0.05, 0) is 69.4 Å². The van der Waals surface area contributed by atoms with E-state index < -0.39 is 42.3 Å². The molecule has 0 radical (unpaired) electrons. The number of pyridine rings is 2. The number of nitrogens with zero attached hydrogens (tertiary/aromatic N) is 6. The Kier molecular flexibility index (Phi) is 4.71. The predicted octanol–water partition coefficient (Wildman–Crippen LogP) is 2.59. The zero-order valence-corrected chi connectivity index (χ0v) is 22.7. The van der Waals surface area contributed by atoms with Gasteiger partial charge >= 0.3 is 11.8 Å². The fourth-order valence-corrected chi connectivity index (χ4v) is 6.48. The summed E-state index contributed by atoms with van der Waals surface area (Å²) in [5.74, 6) is 0.878. The van der Waals surface area contributed by atoms with Crippen molar-refractivity contribution in [3.63, 3.8) is 0 Å². The molecule has 3 saturated carbocycles. The van der Waals surface area contributed by atoms with Gasteiger partial charge in [-0.1, -0.05) is 0 Å². The molecule has 2 amide bonds. The number of amides is 2. The molecule has 4 heterocycles. The van der Waals surface area contributed by atoms with Crippen LogP contribution < -0.4 is 22.1 Å². The Morgan fingerprint density at radius 2 is 2.05 bits per heavy atom. The van der Waals surface area contributed by atoms with Crippen molar-refractivity contribution in [3.05, 3.63) is 40.6 Å². The van der Waals surface area contributed by atoms with Gasteiger partial charge in [-0.25, -0.2) is 24.2 Å². The Morgan fingerprint density at radius 1 is 1.22 bits per heavy atom. The molecule has 4 aromatic rings. The molecule has 3 fully saturated rings. The Bertz CT molecular complexity index is 1950. The Morgan fingerprint density at radius 3 is 2.78 bits per heavy atom. The standard InChI is InChI=1S/C28H33N9O4/c1-14-18-8-9-22(33-24(18)37(34-14)28(25(29)38)12-19(28)15-4-5-15)32-23-11-20-21(13-30-23)35(2)27(40)36(20)17-7-6-16(10-17)31-26(39)41-3/h8-9,11,13,15-17,19H,4-7,10,12H2,1-3H3,(H2,29,38)(H,31,39)(H,30,32,33)/i2D3,16D. The number of fused-ring (bicyclic) bond motifs is 2. The molecule has 3 aliphatic carbocycles. The zero-order valence-electron chi connectivity index (χ0n) is 26.7. The number of nitrogens with two attached hydrogens (primary N) is 1. The molecule has 3 aliphatic rings. The smallest absolute Gasteiger partial charge is 0.407 e. The lowest BCUT2D eigenvalue weighted by Crippen LogP contribution is -2.37. The van der Waals surface area contributed by atoms with E-state index in [0.717, 1.165) is 28.5 Å². The molecule has 13 nitrogen and oxygen atoms in total. The summed E-state index contributed by atoms with van der Waals surface area (Å²) in [6.45, 7) is -0.922. The first kappa shape index (κ1) is 21.3.